The molecule has 2 aromatic rings. The van der Waals surface area contributed by atoms with Gasteiger partial charge in [-0.2, -0.15) is 0 Å². The number of hydrogen-bond acceptors (Lipinski definition) is 4. The van der Waals surface area contributed by atoms with Crippen molar-refractivity contribution >= 4 is 21.6 Å². The monoisotopic (exact) mass is 312 g/mol. The fourth-order valence-corrected chi connectivity index (χ4v) is 2.36. The molecule has 8 heteroatoms. The van der Waals surface area contributed by atoms with Crippen molar-refractivity contribution in [2.75, 3.05) is 11.6 Å². The van der Waals surface area contributed by atoms with Crippen LogP contribution in [0.15, 0.2) is 45.9 Å². The molecule has 0 aliphatic rings. The van der Waals surface area contributed by atoms with E-state index in [1.54, 1.807) is 12.1 Å². The van der Waals surface area contributed by atoms with Crippen LogP contribution in [-0.2, 0) is 16.4 Å². The number of urea groups is 1. The average molecular weight is 312 g/mol. The van der Waals surface area contributed by atoms with Crippen LogP contribution in [0.25, 0.3) is 0 Å². The fourth-order valence-electron chi connectivity index (χ4n) is 1.64. The van der Waals surface area contributed by atoms with Crippen molar-refractivity contribution in [2.24, 2.45) is 0 Å². The van der Waals surface area contributed by atoms with E-state index in [2.05, 4.69) is 10.6 Å². The van der Waals surface area contributed by atoms with Crippen molar-refractivity contribution < 1.29 is 22.0 Å². The molecule has 0 bridgehead atoms. The molecule has 112 valence electrons. The van der Waals surface area contributed by atoms with Gasteiger partial charge in [0.1, 0.15) is 16.5 Å². The lowest BCUT2D eigenvalue weighted by molar-refractivity contribution is 0.251. The second kappa shape index (κ2) is 5.96. The van der Waals surface area contributed by atoms with Crippen molar-refractivity contribution in [3.8, 4) is 0 Å². The summed E-state index contributed by atoms with van der Waals surface area (Å²) in [6.45, 7) is 0.183. The molecule has 0 atom stereocenters. The number of hydrogen-bond donors (Lipinski definition) is 2. The Bertz CT molecular complexity index is 742. The molecule has 0 aliphatic carbocycles. The van der Waals surface area contributed by atoms with E-state index >= 15 is 0 Å². The maximum absolute atomic E-state index is 13.6. The zero-order chi connectivity index (χ0) is 15.5. The van der Waals surface area contributed by atoms with Crippen molar-refractivity contribution in [3.63, 3.8) is 0 Å². The van der Waals surface area contributed by atoms with Gasteiger partial charge in [0.05, 0.1) is 12.8 Å². The smallest absolute Gasteiger partial charge is 0.319 e. The Kier molecular flexibility index (Phi) is 4.27. The molecule has 0 aliphatic heterocycles. The minimum atomic E-state index is -3.63. The molecule has 0 saturated carbocycles. The number of carbonyl (C=O) groups is 1. The van der Waals surface area contributed by atoms with Crippen molar-refractivity contribution in [1.82, 2.24) is 5.32 Å². The molecular weight excluding hydrogens is 299 g/mol. The molecule has 6 nitrogen and oxygen atoms in total. The summed E-state index contributed by atoms with van der Waals surface area (Å²) >= 11 is 0. The van der Waals surface area contributed by atoms with Gasteiger partial charge in [0, 0.05) is 11.9 Å². The highest BCUT2D eigenvalue weighted by molar-refractivity contribution is 7.90. The number of halogens is 1. The summed E-state index contributed by atoms with van der Waals surface area (Å²) in [5.41, 5.74) is 0.150. The average Bonchev–Trinajstić information content (AvgIpc) is 2.88. The van der Waals surface area contributed by atoms with Crippen LogP contribution in [0, 0.1) is 5.82 Å². The maximum atomic E-state index is 13.6. The van der Waals surface area contributed by atoms with E-state index in [1.165, 1.54) is 12.3 Å². The third-order valence-electron chi connectivity index (χ3n) is 2.59. The topological polar surface area (TPSA) is 88.4 Å². The summed E-state index contributed by atoms with van der Waals surface area (Å²) in [5.74, 6) is -0.343. The highest BCUT2D eigenvalue weighted by Gasteiger charge is 2.14. The zero-order valence-corrected chi connectivity index (χ0v) is 11.9. The van der Waals surface area contributed by atoms with Gasteiger partial charge in [-0.15, -0.1) is 0 Å². The summed E-state index contributed by atoms with van der Waals surface area (Å²) in [5, 5.41) is 4.91. The van der Waals surface area contributed by atoms with Gasteiger partial charge in [0.25, 0.3) is 0 Å². The van der Waals surface area contributed by atoms with Crippen LogP contribution in [0.2, 0.25) is 0 Å². The molecule has 0 fully saturated rings. The first-order valence-electron chi connectivity index (χ1n) is 5.93. The molecule has 0 spiro atoms. The van der Waals surface area contributed by atoms with Gasteiger partial charge in [-0.25, -0.2) is 17.6 Å². The highest BCUT2D eigenvalue weighted by atomic mass is 32.2. The van der Waals surface area contributed by atoms with E-state index in [0.29, 0.717) is 5.76 Å². The number of furan rings is 1. The lowest BCUT2D eigenvalue weighted by Crippen LogP contribution is -2.28. The van der Waals surface area contributed by atoms with Gasteiger partial charge in [-0.1, -0.05) is 0 Å². The molecular formula is C13H13FN2O4S. The van der Waals surface area contributed by atoms with Gasteiger partial charge >= 0.3 is 6.03 Å². The van der Waals surface area contributed by atoms with Gasteiger partial charge in [0.2, 0.25) is 0 Å². The van der Waals surface area contributed by atoms with Crippen LogP contribution in [0.3, 0.4) is 0 Å². The largest absolute Gasteiger partial charge is 0.467 e. The quantitative estimate of drug-likeness (QED) is 0.905. The number of sulfone groups is 1. The Balaban J connectivity index is 2.00. The molecule has 0 saturated heterocycles. The minimum Gasteiger partial charge on any atom is -0.467 e. The molecule has 21 heavy (non-hydrogen) atoms. The van der Waals surface area contributed by atoms with Gasteiger partial charge in [-0.3, -0.25) is 0 Å². The molecule has 1 aromatic carbocycles. The van der Waals surface area contributed by atoms with Gasteiger partial charge in [-0.05, 0) is 30.3 Å². The van der Waals surface area contributed by atoms with Crippen LogP contribution in [0.4, 0.5) is 14.9 Å². The standard InChI is InChI=1S/C13H13FN2O4S/c1-21(18,19)12-5-4-9(7-11(12)14)16-13(17)15-8-10-3-2-6-20-10/h2-7H,8H2,1H3,(H2,15,16,17). The summed E-state index contributed by atoms with van der Waals surface area (Å²) in [6.07, 6.45) is 2.39. The van der Waals surface area contributed by atoms with E-state index in [9.17, 15) is 17.6 Å². The summed E-state index contributed by atoms with van der Waals surface area (Å²) in [4.78, 5) is 11.2. The molecule has 1 aromatic heterocycles. The van der Waals surface area contributed by atoms with Crippen LogP contribution >= 0.6 is 0 Å². The Morgan fingerprint density at radius 2 is 2.10 bits per heavy atom. The van der Waals surface area contributed by atoms with E-state index in [4.69, 9.17) is 4.42 Å². The predicted molar refractivity (Wildman–Crippen MR) is 74.1 cm³/mol. The number of benzene rings is 1. The first kappa shape index (κ1) is 15.0. The van der Waals surface area contributed by atoms with Crippen LogP contribution in [0.5, 0.6) is 0 Å². The number of carbonyl (C=O) groups excluding carboxylic acids is 1. The normalized spacial score (nSPS) is 11.1. The maximum Gasteiger partial charge on any atom is 0.319 e. The Labute approximate surface area is 120 Å². The number of amides is 2. The van der Waals surface area contributed by atoms with Gasteiger partial charge < -0.3 is 15.1 Å². The first-order chi connectivity index (χ1) is 9.86. The molecule has 2 amide bonds. The molecule has 0 radical (unpaired) electrons. The Morgan fingerprint density at radius 1 is 1.33 bits per heavy atom. The lowest BCUT2D eigenvalue weighted by atomic mass is 10.3. The van der Waals surface area contributed by atoms with E-state index < -0.39 is 26.6 Å². The van der Waals surface area contributed by atoms with E-state index in [-0.39, 0.29) is 12.2 Å². The van der Waals surface area contributed by atoms with E-state index in [0.717, 1.165) is 18.4 Å². The second-order valence-corrected chi connectivity index (χ2v) is 6.29. The molecule has 0 unspecified atom stereocenters. The zero-order valence-electron chi connectivity index (χ0n) is 11.1. The van der Waals surface area contributed by atoms with Crippen molar-refractivity contribution in [2.45, 2.75) is 11.4 Å². The third-order valence-corrected chi connectivity index (χ3v) is 3.72. The Morgan fingerprint density at radius 3 is 2.67 bits per heavy atom. The van der Waals surface area contributed by atoms with Crippen LogP contribution < -0.4 is 10.6 Å². The molecule has 2 N–H and O–H groups in total. The molecule has 2 rings (SSSR count). The number of nitrogens with one attached hydrogen (secondary N) is 2. The summed E-state index contributed by atoms with van der Waals surface area (Å²) in [7, 11) is -3.63. The third kappa shape index (κ3) is 4.06. The first-order valence-corrected chi connectivity index (χ1v) is 7.82. The summed E-state index contributed by atoms with van der Waals surface area (Å²) < 4.78 is 41.2. The molecule has 1 heterocycles. The SMILES string of the molecule is CS(=O)(=O)c1ccc(NC(=O)NCc2ccco2)cc1F. The summed E-state index contributed by atoms with van der Waals surface area (Å²) in [6, 6.07) is 6.19. The van der Waals surface area contributed by atoms with Crippen LogP contribution in [-0.4, -0.2) is 20.7 Å². The highest BCUT2D eigenvalue weighted by Crippen LogP contribution is 2.18. The van der Waals surface area contributed by atoms with Crippen molar-refractivity contribution in [3.05, 3.63) is 48.2 Å². The minimum absolute atomic E-state index is 0.150. The lowest BCUT2D eigenvalue weighted by Gasteiger charge is -2.08. The Hall–Kier alpha value is -2.35. The van der Waals surface area contributed by atoms with Crippen molar-refractivity contribution in [1.29, 1.82) is 0 Å². The van der Waals surface area contributed by atoms with Gasteiger partial charge in [0.15, 0.2) is 9.84 Å². The predicted octanol–water partition coefficient (Wildman–Crippen LogP) is 2.14. The van der Waals surface area contributed by atoms with Crippen LogP contribution in [0.1, 0.15) is 5.76 Å². The van der Waals surface area contributed by atoms with E-state index in [1.807, 2.05) is 0 Å². The number of rotatable bonds is 4. The second-order valence-electron chi connectivity index (χ2n) is 4.30. The fraction of sp³-hybridized carbons (Fsp3) is 0.154. The number of anilines is 1.